The van der Waals surface area contributed by atoms with Gasteiger partial charge in [-0.2, -0.15) is 0 Å². The number of carbonyl (C=O) groups is 1. The van der Waals surface area contributed by atoms with Gasteiger partial charge in [-0.1, -0.05) is 45.9 Å². The Morgan fingerprint density at radius 2 is 1.94 bits per heavy atom. The summed E-state index contributed by atoms with van der Waals surface area (Å²) in [4.78, 5) is 17.2. The van der Waals surface area contributed by atoms with Crippen LogP contribution in [-0.2, 0) is 11.2 Å². The summed E-state index contributed by atoms with van der Waals surface area (Å²) >= 11 is 0. The summed E-state index contributed by atoms with van der Waals surface area (Å²) in [6.45, 7) is 10.7. The molecule has 2 atom stereocenters. The van der Waals surface area contributed by atoms with E-state index in [4.69, 9.17) is 9.72 Å². The molecule has 34 heavy (non-hydrogen) atoms. The van der Waals surface area contributed by atoms with Crippen molar-refractivity contribution in [2.24, 2.45) is 5.41 Å². The molecule has 0 saturated carbocycles. The first-order valence-electron chi connectivity index (χ1n) is 12.5. The molecular formula is C29H37NO4. The zero-order valence-corrected chi connectivity index (χ0v) is 21.0. The Hall–Kier alpha value is -2.50. The molecule has 2 aromatic rings. The number of aromatic nitrogens is 1. The molecule has 4 rings (SSSR count). The maximum absolute atomic E-state index is 12.1. The molecule has 2 N–H and O–H groups in total. The van der Waals surface area contributed by atoms with E-state index in [-0.39, 0.29) is 17.3 Å². The number of ether oxygens (including phenoxy) is 1. The van der Waals surface area contributed by atoms with Crippen molar-refractivity contribution in [2.75, 3.05) is 6.61 Å². The van der Waals surface area contributed by atoms with Gasteiger partial charge in [0.1, 0.15) is 6.10 Å². The Morgan fingerprint density at radius 3 is 2.53 bits per heavy atom. The van der Waals surface area contributed by atoms with Crippen molar-refractivity contribution in [2.45, 2.75) is 84.8 Å². The second kappa shape index (κ2) is 9.63. The number of fused-ring (bicyclic) bond motifs is 1. The van der Waals surface area contributed by atoms with Crippen molar-refractivity contribution in [3.8, 4) is 0 Å². The van der Waals surface area contributed by atoms with Crippen molar-refractivity contribution in [3.05, 3.63) is 69.5 Å². The molecule has 0 radical (unpaired) electrons. The second-order valence-corrected chi connectivity index (χ2v) is 10.7. The highest BCUT2D eigenvalue weighted by atomic mass is 16.5. The molecule has 1 aromatic carbocycles. The van der Waals surface area contributed by atoms with Crippen LogP contribution in [0.4, 0.5) is 0 Å². The van der Waals surface area contributed by atoms with Gasteiger partial charge in [-0.15, -0.1) is 0 Å². The van der Waals surface area contributed by atoms with E-state index in [0.717, 1.165) is 53.8 Å². The van der Waals surface area contributed by atoms with E-state index in [0.29, 0.717) is 24.2 Å². The molecule has 1 heterocycles. The molecule has 0 bridgehead atoms. The van der Waals surface area contributed by atoms with Crippen LogP contribution in [0.2, 0.25) is 0 Å². The van der Waals surface area contributed by atoms with Gasteiger partial charge < -0.3 is 14.9 Å². The number of rotatable bonds is 6. The van der Waals surface area contributed by atoms with Crippen molar-refractivity contribution >= 4 is 11.5 Å². The van der Waals surface area contributed by atoms with Gasteiger partial charge in [0.25, 0.3) is 0 Å². The van der Waals surface area contributed by atoms with Crippen LogP contribution in [0.5, 0.6) is 0 Å². The molecule has 2 aliphatic rings. The zero-order valence-electron chi connectivity index (χ0n) is 21.0. The lowest BCUT2D eigenvalue weighted by atomic mass is 9.71. The predicted molar refractivity (Wildman–Crippen MR) is 134 cm³/mol. The molecule has 182 valence electrons. The fourth-order valence-electron chi connectivity index (χ4n) is 5.47. The Labute approximate surface area is 202 Å². The number of aliphatic hydroxyl groups excluding tert-OH is 2. The molecule has 5 heteroatoms. The highest BCUT2D eigenvalue weighted by Crippen LogP contribution is 2.48. The highest BCUT2D eigenvalue weighted by molar-refractivity contribution is 5.89. The monoisotopic (exact) mass is 463 g/mol. The number of nitrogens with zero attached hydrogens (tertiary/aromatic N) is 1. The molecule has 2 aliphatic carbocycles. The van der Waals surface area contributed by atoms with Crippen LogP contribution in [-0.4, -0.2) is 27.8 Å². The number of esters is 1. The summed E-state index contributed by atoms with van der Waals surface area (Å²) in [6.07, 6.45) is 5.24. The minimum Gasteiger partial charge on any atom is -0.462 e. The van der Waals surface area contributed by atoms with E-state index in [1.807, 2.05) is 0 Å². The van der Waals surface area contributed by atoms with Crippen LogP contribution in [0.1, 0.15) is 122 Å². The van der Waals surface area contributed by atoms with Crippen molar-refractivity contribution in [1.82, 2.24) is 4.98 Å². The molecule has 0 amide bonds. The minimum atomic E-state index is -0.912. The average Bonchev–Trinajstić information content (AvgIpc) is 3.31. The van der Waals surface area contributed by atoms with Crippen LogP contribution >= 0.6 is 0 Å². The smallest absolute Gasteiger partial charge is 0.338 e. The minimum absolute atomic E-state index is 0.0297. The number of allylic oxidation sites excluding steroid dienone is 2. The number of pyridine rings is 1. The molecule has 0 spiro atoms. The molecule has 5 nitrogen and oxygen atoms in total. The summed E-state index contributed by atoms with van der Waals surface area (Å²) < 4.78 is 5.09. The van der Waals surface area contributed by atoms with E-state index in [2.05, 4.69) is 33.8 Å². The first kappa shape index (κ1) is 24.6. The molecule has 0 aliphatic heterocycles. The molecule has 0 saturated heterocycles. The van der Waals surface area contributed by atoms with Crippen LogP contribution in [0.15, 0.2) is 30.3 Å². The van der Waals surface area contributed by atoms with Gasteiger partial charge in [0.15, 0.2) is 0 Å². The second-order valence-electron chi connectivity index (χ2n) is 10.7. The SMILES string of the molecule is CCOC(=O)c1ccc([C@H](O)c2c(C(C)C)nc3c(c2C2=CCCC2)C(O)CC(C)(C)C3)cc1. The van der Waals surface area contributed by atoms with Crippen LogP contribution in [0.25, 0.3) is 5.57 Å². The summed E-state index contributed by atoms with van der Waals surface area (Å²) in [5, 5.41) is 23.0. The average molecular weight is 464 g/mol. The van der Waals surface area contributed by atoms with Gasteiger partial charge in [0, 0.05) is 22.5 Å². The topological polar surface area (TPSA) is 79.7 Å². The Morgan fingerprint density at radius 1 is 1.24 bits per heavy atom. The molecule has 0 fully saturated rings. The van der Waals surface area contributed by atoms with E-state index < -0.39 is 12.2 Å². The van der Waals surface area contributed by atoms with Gasteiger partial charge in [-0.05, 0) is 79.2 Å². The maximum Gasteiger partial charge on any atom is 0.338 e. The molecule has 1 unspecified atom stereocenters. The molecular weight excluding hydrogens is 426 g/mol. The van der Waals surface area contributed by atoms with Crippen LogP contribution in [0.3, 0.4) is 0 Å². The van der Waals surface area contributed by atoms with Crippen molar-refractivity contribution in [3.63, 3.8) is 0 Å². The first-order chi connectivity index (χ1) is 16.1. The molecule has 1 aromatic heterocycles. The lowest BCUT2D eigenvalue weighted by Gasteiger charge is -2.37. The summed E-state index contributed by atoms with van der Waals surface area (Å²) in [5.74, 6) is -0.263. The lowest BCUT2D eigenvalue weighted by Crippen LogP contribution is -2.29. The van der Waals surface area contributed by atoms with Crippen molar-refractivity contribution in [1.29, 1.82) is 0 Å². The summed E-state index contributed by atoms with van der Waals surface area (Å²) in [6, 6.07) is 6.96. The number of aliphatic hydroxyl groups is 2. The van der Waals surface area contributed by atoms with Crippen LogP contribution < -0.4 is 0 Å². The largest absolute Gasteiger partial charge is 0.462 e. The van der Waals surface area contributed by atoms with Gasteiger partial charge in [0.05, 0.1) is 18.3 Å². The van der Waals surface area contributed by atoms with Gasteiger partial charge >= 0.3 is 5.97 Å². The third kappa shape index (κ3) is 4.69. The summed E-state index contributed by atoms with van der Waals surface area (Å²) in [7, 11) is 0. The number of benzene rings is 1. The van der Waals surface area contributed by atoms with Crippen LogP contribution in [0, 0.1) is 5.41 Å². The van der Waals surface area contributed by atoms with Gasteiger partial charge in [-0.3, -0.25) is 4.98 Å². The zero-order chi connectivity index (χ0) is 24.6. The fourth-order valence-corrected chi connectivity index (χ4v) is 5.47. The number of hydrogen-bond donors (Lipinski definition) is 2. The Kier molecular flexibility index (Phi) is 6.97. The third-order valence-electron chi connectivity index (χ3n) is 7.03. The fraction of sp³-hybridized carbons (Fsp3) is 0.517. The van der Waals surface area contributed by atoms with E-state index in [1.165, 1.54) is 5.57 Å². The third-order valence-corrected chi connectivity index (χ3v) is 7.03. The Balaban J connectivity index is 1.89. The number of hydrogen-bond acceptors (Lipinski definition) is 5. The Bertz CT molecular complexity index is 1100. The van der Waals surface area contributed by atoms with Crippen molar-refractivity contribution < 1.29 is 19.7 Å². The van der Waals surface area contributed by atoms with Gasteiger partial charge in [0.2, 0.25) is 0 Å². The quantitative estimate of drug-likeness (QED) is 0.511. The first-order valence-corrected chi connectivity index (χ1v) is 12.5. The number of carbonyl (C=O) groups excluding carboxylic acids is 1. The highest BCUT2D eigenvalue weighted by Gasteiger charge is 2.38. The predicted octanol–water partition coefficient (Wildman–Crippen LogP) is 6.04. The van der Waals surface area contributed by atoms with E-state index in [9.17, 15) is 15.0 Å². The van der Waals surface area contributed by atoms with E-state index in [1.54, 1.807) is 31.2 Å². The normalized spacial score (nSPS) is 20.1. The lowest BCUT2D eigenvalue weighted by molar-refractivity contribution is 0.0526. The maximum atomic E-state index is 12.1. The summed E-state index contributed by atoms with van der Waals surface area (Å²) in [5.41, 5.74) is 6.87. The van der Waals surface area contributed by atoms with Gasteiger partial charge in [-0.25, -0.2) is 4.79 Å². The van der Waals surface area contributed by atoms with E-state index >= 15 is 0 Å². The standard InChI is InChI=1S/C29H37NO4/c1-6-34-28(33)20-13-11-19(12-14-20)27(32)25-23(18-9-7-8-10-18)24-21(30-26(25)17(2)3)15-29(4,5)16-22(24)31/h9,11-14,17,22,27,31-32H,6-8,10,15-16H2,1-5H3/t22?,27-/m0/s1.